The van der Waals surface area contributed by atoms with Gasteiger partial charge in [0.2, 0.25) is 5.91 Å². The molecule has 1 atom stereocenters. The molecule has 0 aliphatic carbocycles. The lowest BCUT2D eigenvalue weighted by Gasteiger charge is -2.17. The fourth-order valence-corrected chi connectivity index (χ4v) is 2.05. The summed E-state index contributed by atoms with van der Waals surface area (Å²) in [5.74, 6) is -1.17. The maximum atomic E-state index is 13.6. The number of amides is 1. The fourth-order valence-electron chi connectivity index (χ4n) is 1.63. The van der Waals surface area contributed by atoms with Gasteiger partial charge in [0.05, 0.1) is 16.1 Å². The number of hydrogen-bond donors (Lipinski definition) is 1. The predicted molar refractivity (Wildman–Crippen MR) is 59.7 cm³/mol. The largest absolute Gasteiger partial charge is 0.506 e. The van der Waals surface area contributed by atoms with Gasteiger partial charge in [-0.2, -0.15) is 0 Å². The molecule has 1 fully saturated rings. The van der Waals surface area contributed by atoms with E-state index in [1.165, 1.54) is 4.90 Å². The Balaban J connectivity index is 2.41. The van der Waals surface area contributed by atoms with E-state index in [1.54, 1.807) is 0 Å². The van der Waals surface area contributed by atoms with Gasteiger partial charge in [-0.15, -0.1) is 11.6 Å². The van der Waals surface area contributed by atoms with E-state index in [9.17, 15) is 14.3 Å². The van der Waals surface area contributed by atoms with E-state index in [0.29, 0.717) is 0 Å². The number of phenolic OH excluding ortho intramolecular Hbond substituents is 1. The monoisotopic (exact) mass is 263 g/mol. The van der Waals surface area contributed by atoms with Crippen molar-refractivity contribution < 1.29 is 14.3 Å². The van der Waals surface area contributed by atoms with Crippen LogP contribution in [0.25, 0.3) is 0 Å². The van der Waals surface area contributed by atoms with E-state index in [2.05, 4.69) is 0 Å². The first-order chi connectivity index (χ1) is 7.49. The van der Waals surface area contributed by atoms with Crippen LogP contribution in [0.5, 0.6) is 5.75 Å². The lowest BCUT2D eigenvalue weighted by atomic mass is 10.2. The number of benzene rings is 1. The number of phenols is 1. The van der Waals surface area contributed by atoms with Gasteiger partial charge in [0, 0.05) is 19.0 Å². The summed E-state index contributed by atoms with van der Waals surface area (Å²) in [6.45, 7) is 0.235. The molecule has 6 heteroatoms. The van der Waals surface area contributed by atoms with E-state index in [-0.39, 0.29) is 40.7 Å². The molecule has 1 N–H and O–H groups in total. The Hall–Kier alpha value is -1.00. The quantitative estimate of drug-likeness (QED) is 0.792. The summed E-state index contributed by atoms with van der Waals surface area (Å²) < 4.78 is 13.6. The Morgan fingerprint density at radius 1 is 1.50 bits per heavy atom. The molecule has 3 nitrogen and oxygen atoms in total. The SMILES string of the molecule is O=C1CC(Cl)CN1c1cc(O)c(Cl)cc1F. The molecule has 0 spiro atoms. The van der Waals surface area contributed by atoms with Gasteiger partial charge >= 0.3 is 0 Å². The maximum Gasteiger partial charge on any atom is 0.228 e. The van der Waals surface area contributed by atoms with Gasteiger partial charge in [0.25, 0.3) is 0 Å². The van der Waals surface area contributed by atoms with Crippen molar-refractivity contribution in [2.24, 2.45) is 0 Å². The minimum Gasteiger partial charge on any atom is -0.506 e. The summed E-state index contributed by atoms with van der Waals surface area (Å²) in [6.07, 6.45) is 0.171. The summed E-state index contributed by atoms with van der Waals surface area (Å²) >= 11 is 11.3. The van der Waals surface area contributed by atoms with Gasteiger partial charge < -0.3 is 10.0 Å². The molecule has 2 rings (SSSR count). The van der Waals surface area contributed by atoms with Crippen LogP contribution in [-0.4, -0.2) is 22.9 Å². The molecule has 1 heterocycles. The van der Waals surface area contributed by atoms with Gasteiger partial charge in [-0.1, -0.05) is 11.6 Å². The highest BCUT2D eigenvalue weighted by molar-refractivity contribution is 6.32. The van der Waals surface area contributed by atoms with E-state index in [1.807, 2.05) is 0 Å². The number of carbonyl (C=O) groups is 1. The molecular weight excluding hydrogens is 256 g/mol. The zero-order valence-corrected chi connectivity index (χ0v) is 9.59. The van der Waals surface area contributed by atoms with Crippen molar-refractivity contribution >= 4 is 34.8 Å². The number of alkyl halides is 1. The number of rotatable bonds is 1. The molecule has 1 aliphatic heterocycles. The number of nitrogens with zero attached hydrogens (tertiary/aromatic N) is 1. The van der Waals surface area contributed by atoms with Gasteiger partial charge in [-0.3, -0.25) is 4.79 Å². The topological polar surface area (TPSA) is 40.5 Å². The van der Waals surface area contributed by atoms with Crippen molar-refractivity contribution in [3.05, 3.63) is 23.0 Å². The van der Waals surface area contributed by atoms with Gasteiger partial charge in [0.1, 0.15) is 11.6 Å². The average Bonchev–Trinajstić information content (AvgIpc) is 2.51. The summed E-state index contributed by atoms with van der Waals surface area (Å²) in [4.78, 5) is 12.7. The van der Waals surface area contributed by atoms with Crippen molar-refractivity contribution in [1.29, 1.82) is 0 Å². The van der Waals surface area contributed by atoms with E-state index in [4.69, 9.17) is 23.2 Å². The number of hydrogen-bond acceptors (Lipinski definition) is 2. The predicted octanol–water partition coefficient (Wildman–Crippen LogP) is 2.53. The van der Waals surface area contributed by atoms with Crippen molar-refractivity contribution in [2.45, 2.75) is 11.8 Å². The summed E-state index contributed by atoms with van der Waals surface area (Å²) in [6, 6.07) is 2.10. The Labute approximate surface area is 101 Å². The normalized spacial score (nSPS) is 20.6. The zero-order chi connectivity index (χ0) is 11.9. The Morgan fingerprint density at radius 2 is 2.19 bits per heavy atom. The number of aromatic hydroxyl groups is 1. The van der Waals surface area contributed by atoms with Crippen LogP contribution >= 0.6 is 23.2 Å². The lowest BCUT2D eigenvalue weighted by Crippen LogP contribution is -2.25. The first-order valence-corrected chi connectivity index (χ1v) is 5.43. The molecule has 1 aromatic carbocycles. The first-order valence-electron chi connectivity index (χ1n) is 4.61. The molecule has 0 bridgehead atoms. The molecule has 1 amide bonds. The minimum atomic E-state index is -0.651. The van der Waals surface area contributed by atoms with E-state index in [0.717, 1.165) is 12.1 Å². The zero-order valence-electron chi connectivity index (χ0n) is 8.08. The number of anilines is 1. The Kier molecular flexibility index (Phi) is 2.95. The van der Waals surface area contributed by atoms with Gasteiger partial charge in [0.15, 0.2) is 0 Å². The molecule has 0 saturated carbocycles. The first kappa shape index (κ1) is 11.5. The molecule has 0 aromatic heterocycles. The standard InChI is InChI=1S/C10H8Cl2FNO2/c11-5-1-10(16)14(4-5)8-3-9(15)6(12)2-7(8)13/h2-3,5,15H,1,4H2. The molecule has 1 aromatic rings. The van der Waals surface area contributed by atoms with Crippen molar-refractivity contribution in [3.8, 4) is 5.75 Å². The Bertz CT molecular complexity index is 453. The minimum absolute atomic E-state index is 0.00931. The maximum absolute atomic E-state index is 13.6. The van der Waals surface area contributed by atoms with Crippen LogP contribution in [0.15, 0.2) is 12.1 Å². The van der Waals surface area contributed by atoms with Crippen LogP contribution in [0.1, 0.15) is 6.42 Å². The second-order valence-corrected chi connectivity index (χ2v) is 4.59. The Morgan fingerprint density at radius 3 is 2.75 bits per heavy atom. The van der Waals surface area contributed by atoms with Gasteiger partial charge in [-0.25, -0.2) is 4.39 Å². The molecule has 1 aliphatic rings. The molecular formula is C10H8Cl2FNO2. The van der Waals surface area contributed by atoms with Crippen LogP contribution in [0.4, 0.5) is 10.1 Å². The number of carbonyl (C=O) groups excluding carboxylic acids is 1. The van der Waals surface area contributed by atoms with Crippen LogP contribution < -0.4 is 4.90 Å². The smallest absolute Gasteiger partial charge is 0.228 e. The van der Waals surface area contributed by atoms with E-state index < -0.39 is 5.82 Å². The summed E-state index contributed by atoms with van der Waals surface area (Å²) in [7, 11) is 0. The van der Waals surface area contributed by atoms with E-state index >= 15 is 0 Å². The second-order valence-electron chi connectivity index (χ2n) is 3.56. The van der Waals surface area contributed by atoms with Crippen LogP contribution in [0, 0.1) is 5.82 Å². The van der Waals surface area contributed by atoms with Crippen molar-refractivity contribution in [2.75, 3.05) is 11.4 Å². The molecule has 0 radical (unpaired) electrons. The molecule has 16 heavy (non-hydrogen) atoms. The van der Waals surface area contributed by atoms with Crippen molar-refractivity contribution in [1.82, 2.24) is 0 Å². The van der Waals surface area contributed by atoms with Crippen LogP contribution in [-0.2, 0) is 4.79 Å². The third-order valence-electron chi connectivity index (χ3n) is 2.38. The van der Waals surface area contributed by atoms with Crippen LogP contribution in [0.2, 0.25) is 5.02 Å². The molecule has 1 unspecified atom stereocenters. The van der Waals surface area contributed by atoms with Gasteiger partial charge in [-0.05, 0) is 6.07 Å². The third-order valence-corrected chi connectivity index (χ3v) is 2.98. The summed E-state index contributed by atoms with van der Waals surface area (Å²) in [5, 5.41) is 8.95. The highest BCUT2D eigenvalue weighted by Gasteiger charge is 2.31. The molecule has 1 saturated heterocycles. The number of halogens is 3. The van der Waals surface area contributed by atoms with Crippen LogP contribution in [0.3, 0.4) is 0 Å². The second kappa shape index (κ2) is 4.11. The summed E-state index contributed by atoms with van der Waals surface area (Å²) in [5.41, 5.74) is 0.00931. The highest BCUT2D eigenvalue weighted by Crippen LogP contribution is 2.33. The lowest BCUT2D eigenvalue weighted by molar-refractivity contribution is -0.117. The highest BCUT2D eigenvalue weighted by atomic mass is 35.5. The van der Waals surface area contributed by atoms with Crippen molar-refractivity contribution in [3.63, 3.8) is 0 Å². The average molecular weight is 264 g/mol. The fraction of sp³-hybridized carbons (Fsp3) is 0.300. The molecule has 86 valence electrons. The third kappa shape index (κ3) is 1.95.